The van der Waals surface area contributed by atoms with E-state index >= 15 is 0 Å². The van der Waals surface area contributed by atoms with Crippen LogP contribution in [0.2, 0.25) is 0 Å². The third kappa shape index (κ3) is 3.95. The Morgan fingerprint density at radius 1 is 1.04 bits per heavy atom. The third-order valence-corrected chi connectivity index (χ3v) is 4.50. The van der Waals surface area contributed by atoms with E-state index in [-0.39, 0.29) is 0 Å². The minimum Gasteiger partial charge on any atom is -0.387 e. The van der Waals surface area contributed by atoms with Gasteiger partial charge in [-0.15, -0.1) is 0 Å². The molecule has 1 unspecified atom stereocenters. The van der Waals surface area contributed by atoms with Gasteiger partial charge in [-0.3, -0.25) is 4.90 Å². The van der Waals surface area contributed by atoms with Crippen molar-refractivity contribution >= 4 is 5.69 Å². The molecule has 1 atom stereocenters. The van der Waals surface area contributed by atoms with Gasteiger partial charge in [0, 0.05) is 32.7 Å². The summed E-state index contributed by atoms with van der Waals surface area (Å²) >= 11 is 0. The fourth-order valence-electron chi connectivity index (χ4n) is 3.08. The number of hydrogen-bond donors (Lipinski definition) is 1. The first-order chi connectivity index (χ1) is 12.1. The molecule has 1 fully saturated rings. The first-order valence-electron chi connectivity index (χ1n) is 8.18. The molecular formula is C19H19F2N3O. The molecule has 3 rings (SSSR count). The van der Waals surface area contributed by atoms with Crippen LogP contribution in [-0.2, 0) is 0 Å². The van der Waals surface area contributed by atoms with Gasteiger partial charge in [0.05, 0.1) is 17.4 Å². The van der Waals surface area contributed by atoms with Crippen molar-refractivity contribution in [2.24, 2.45) is 0 Å². The Labute approximate surface area is 145 Å². The molecule has 0 spiro atoms. The number of halogens is 2. The minimum atomic E-state index is -0.950. The third-order valence-electron chi connectivity index (χ3n) is 4.50. The number of para-hydroxylation sites is 1. The zero-order valence-corrected chi connectivity index (χ0v) is 13.7. The lowest BCUT2D eigenvalue weighted by atomic mass is 10.1. The summed E-state index contributed by atoms with van der Waals surface area (Å²) in [5.74, 6) is -1.87. The average molecular weight is 343 g/mol. The van der Waals surface area contributed by atoms with Crippen LogP contribution >= 0.6 is 0 Å². The summed E-state index contributed by atoms with van der Waals surface area (Å²) in [7, 11) is 0. The second-order valence-electron chi connectivity index (χ2n) is 6.11. The highest BCUT2D eigenvalue weighted by molar-refractivity contribution is 5.59. The predicted molar refractivity (Wildman–Crippen MR) is 91.1 cm³/mol. The van der Waals surface area contributed by atoms with Crippen LogP contribution in [-0.4, -0.2) is 42.7 Å². The zero-order chi connectivity index (χ0) is 17.8. The summed E-state index contributed by atoms with van der Waals surface area (Å²) < 4.78 is 26.3. The molecule has 0 aromatic heterocycles. The number of nitriles is 1. The predicted octanol–water partition coefficient (Wildman–Crippen LogP) is 2.69. The first-order valence-corrected chi connectivity index (χ1v) is 8.18. The second-order valence-corrected chi connectivity index (χ2v) is 6.11. The monoisotopic (exact) mass is 343 g/mol. The summed E-state index contributed by atoms with van der Waals surface area (Å²) in [6.07, 6.45) is -0.868. The quantitative estimate of drug-likeness (QED) is 0.927. The van der Waals surface area contributed by atoms with Crippen LogP contribution in [0, 0.1) is 23.0 Å². The van der Waals surface area contributed by atoms with Crippen LogP contribution < -0.4 is 4.90 Å². The molecule has 0 saturated carbocycles. The Balaban J connectivity index is 1.59. The van der Waals surface area contributed by atoms with Gasteiger partial charge >= 0.3 is 0 Å². The van der Waals surface area contributed by atoms with E-state index in [2.05, 4.69) is 15.9 Å². The van der Waals surface area contributed by atoms with Gasteiger partial charge < -0.3 is 10.0 Å². The van der Waals surface area contributed by atoms with Crippen molar-refractivity contribution in [2.75, 3.05) is 37.6 Å². The maximum atomic E-state index is 13.3. The van der Waals surface area contributed by atoms with Gasteiger partial charge in [0.15, 0.2) is 11.6 Å². The summed E-state index contributed by atoms with van der Waals surface area (Å²) in [5.41, 5.74) is 1.94. The van der Waals surface area contributed by atoms with Crippen LogP contribution in [0.1, 0.15) is 17.2 Å². The topological polar surface area (TPSA) is 50.5 Å². The molecule has 0 bridgehead atoms. The molecule has 0 radical (unpaired) electrons. The highest BCUT2D eigenvalue weighted by Crippen LogP contribution is 2.22. The molecule has 1 aliphatic rings. The Bertz CT molecular complexity index is 782. The molecule has 130 valence electrons. The van der Waals surface area contributed by atoms with Crippen LogP contribution in [0.5, 0.6) is 0 Å². The van der Waals surface area contributed by atoms with Gasteiger partial charge in [-0.1, -0.05) is 18.2 Å². The van der Waals surface area contributed by atoms with Gasteiger partial charge in [-0.2, -0.15) is 5.26 Å². The van der Waals surface area contributed by atoms with Crippen molar-refractivity contribution < 1.29 is 13.9 Å². The van der Waals surface area contributed by atoms with E-state index in [9.17, 15) is 19.1 Å². The fourth-order valence-corrected chi connectivity index (χ4v) is 3.08. The molecule has 2 aromatic carbocycles. The van der Waals surface area contributed by atoms with Gasteiger partial charge in [-0.25, -0.2) is 8.78 Å². The Morgan fingerprint density at radius 2 is 1.76 bits per heavy atom. The number of hydrogen-bond acceptors (Lipinski definition) is 4. The molecule has 2 aromatic rings. The van der Waals surface area contributed by atoms with Crippen LogP contribution in [0.25, 0.3) is 0 Å². The Morgan fingerprint density at radius 3 is 2.44 bits per heavy atom. The average Bonchev–Trinajstić information content (AvgIpc) is 2.64. The number of piperazine rings is 1. The summed E-state index contributed by atoms with van der Waals surface area (Å²) in [4.78, 5) is 4.23. The molecule has 25 heavy (non-hydrogen) atoms. The number of aliphatic hydroxyl groups excluding tert-OH is 1. The molecule has 0 amide bonds. The van der Waals surface area contributed by atoms with Crippen molar-refractivity contribution in [3.63, 3.8) is 0 Å². The number of anilines is 1. The standard InChI is InChI=1S/C19H19F2N3O/c20-16-6-5-14(11-17(16)21)19(25)13-23-7-9-24(10-8-23)18-4-2-1-3-15(18)12-22/h1-6,11,19,25H,7-10,13H2. The molecule has 6 heteroatoms. The molecule has 1 N–H and O–H groups in total. The van der Waals surface area contributed by atoms with Crippen molar-refractivity contribution in [2.45, 2.75) is 6.10 Å². The van der Waals surface area contributed by atoms with Crippen molar-refractivity contribution in [1.82, 2.24) is 4.90 Å². The maximum absolute atomic E-state index is 13.3. The number of β-amino-alcohol motifs (C(OH)–C–C–N with tert-alkyl or cyclic N) is 1. The van der Waals surface area contributed by atoms with E-state index in [0.717, 1.165) is 44.0 Å². The smallest absolute Gasteiger partial charge is 0.159 e. The lowest BCUT2D eigenvalue weighted by molar-refractivity contribution is 0.109. The van der Waals surface area contributed by atoms with E-state index in [1.807, 2.05) is 18.2 Å². The Hall–Kier alpha value is -2.49. The number of aliphatic hydroxyl groups is 1. The first kappa shape index (κ1) is 17.3. The zero-order valence-electron chi connectivity index (χ0n) is 13.7. The molecule has 1 aliphatic heterocycles. The van der Waals surface area contributed by atoms with E-state index in [1.165, 1.54) is 6.07 Å². The SMILES string of the molecule is N#Cc1ccccc1N1CCN(CC(O)c2ccc(F)c(F)c2)CC1. The van der Waals surface area contributed by atoms with Crippen molar-refractivity contribution in [1.29, 1.82) is 5.26 Å². The van der Waals surface area contributed by atoms with Gasteiger partial charge in [0.1, 0.15) is 6.07 Å². The summed E-state index contributed by atoms with van der Waals surface area (Å²) in [6, 6.07) is 13.2. The van der Waals surface area contributed by atoms with Crippen molar-refractivity contribution in [3.05, 3.63) is 65.2 Å². The molecule has 1 heterocycles. The van der Waals surface area contributed by atoms with Gasteiger partial charge in [-0.05, 0) is 29.8 Å². The highest BCUT2D eigenvalue weighted by Gasteiger charge is 2.22. The second kappa shape index (κ2) is 7.60. The van der Waals surface area contributed by atoms with E-state index < -0.39 is 17.7 Å². The van der Waals surface area contributed by atoms with Crippen LogP contribution in [0.15, 0.2) is 42.5 Å². The molecule has 1 saturated heterocycles. The summed E-state index contributed by atoms with van der Waals surface area (Å²) in [6.45, 7) is 3.28. The van der Waals surface area contributed by atoms with Crippen LogP contribution in [0.3, 0.4) is 0 Å². The molecule has 0 aliphatic carbocycles. The van der Waals surface area contributed by atoms with Gasteiger partial charge in [0.2, 0.25) is 0 Å². The lowest BCUT2D eigenvalue weighted by Crippen LogP contribution is -2.47. The minimum absolute atomic E-state index is 0.360. The number of nitrogens with zero attached hydrogens (tertiary/aromatic N) is 3. The Kier molecular flexibility index (Phi) is 5.27. The van der Waals surface area contributed by atoms with Gasteiger partial charge in [0.25, 0.3) is 0 Å². The number of benzene rings is 2. The molecular weight excluding hydrogens is 324 g/mol. The largest absolute Gasteiger partial charge is 0.387 e. The highest BCUT2D eigenvalue weighted by atomic mass is 19.2. The number of rotatable bonds is 4. The normalized spacial score (nSPS) is 16.5. The molecule has 4 nitrogen and oxygen atoms in total. The fraction of sp³-hybridized carbons (Fsp3) is 0.316. The van der Waals surface area contributed by atoms with E-state index in [0.29, 0.717) is 17.7 Å². The lowest BCUT2D eigenvalue weighted by Gasteiger charge is -2.37. The van der Waals surface area contributed by atoms with Crippen LogP contribution in [0.4, 0.5) is 14.5 Å². The van der Waals surface area contributed by atoms with E-state index in [4.69, 9.17) is 0 Å². The van der Waals surface area contributed by atoms with Crippen molar-refractivity contribution in [3.8, 4) is 6.07 Å². The van der Waals surface area contributed by atoms with E-state index in [1.54, 1.807) is 6.07 Å². The summed E-state index contributed by atoms with van der Waals surface area (Å²) in [5, 5.41) is 19.5. The maximum Gasteiger partial charge on any atom is 0.159 e.